The Morgan fingerprint density at radius 2 is 1.84 bits per heavy atom. The van der Waals surface area contributed by atoms with Crippen molar-refractivity contribution in [3.05, 3.63) is 65.5 Å². The van der Waals surface area contributed by atoms with Crippen LogP contribution in [0, 0.1) is 12.3 Å². The highest BCUT2D eigenvalue weighted by Crippen LogP contribution is 2.27. The highest BCUT2D eigenvalue weighted by molar-refractivity contribution is 6.04. The van der Waals surface area contributed by atoms with Gasteiger partial charge < -0.3 is 19.2 Å². The summed E-state index contributed by atoms with van der Waals surface area (Å²) in [6.45, 7) is 7.62. The molecule has 2 aromatic carbocycles. The van der Waals surface area contributed by atoms with E-state index in [9.17, 15) is 9.90 Å². The lowest BCUT2D eigenvalue weighted by molar-refractivity contribution is -0.144. The molecule has 0 aliphatic carbocycles. The van der Waals surface area contributed by atoms with E-state index in [1.54, 1.807) is 32.9 Å². The third kappa shape index (κ3) is 5.51. The molecule has 168 valence electrons. The predicted molar refractivity (Wildman–Crippen MR) is 119 cm³/mol. The number of aromatic nitrogens is 2. The van der Waals surface area contributed by atoms with Crippen molar-refractivity contribution in [3.8, 4) is 17.1 Å². The molecule has 0 fully saturated rings. The van der Waals surface area contributed by atoms with E-state index in [4.69, 9.17) is 14.1 Å². The van der Waals surface area contributed by atoms with E-state index in [-0.39, 0.29) is 13.0 Å². The van der Waals surface area contributed by atoms with Gasteiger partial charge in [-0.3, -0.25) is 4.79 Å². The minimum atomic E-state index is -1.17. The van der Waals surface area contributed by atoms with Gasteiger partial charge in [0.1, 0.15) is 17.8 Å². The van der Waals surface area contributed by atoms with E-state index in [1.807, 2.05) is 43.3 Å². The van der Waals surface area contributed by atoms with Crippen LogP contribution in [0.3, 0.4) is 0 Å². The number of oxime groups is 1. The smallest absolute Gasteiger partial charge is 0.315 e. The molecule has 0 radical (unpaired) electrons. The van der Waals surface area contributed by atoms with Gasteiger partial charge in [-0.1, -0.05) is 52.3 Å². The van der Waals surface area contributed by atoms with Crippen LogP contribution in [-0.2, 0) is 22.7 Å². The monoisotopic (exact) mass is 437 g/mol. The lowest BCUT2D eigenvalue weighted by Crippen LogP contribution is -2.37. The van der Waals surface area contributed by atoms with Gasteiger partial charge in [-0.15, -0.1) is 0 Å². The Kier molecular flexibility index (Phi) is 7.25. The highest BCUT2D eigenvalue weighted by Gasteiger charge is 2.37. The Morgan fingerprint density at radius 1 is 1.16 bits per heavy atom. The summed E-state index contributed by atoms with van der Waals surface area (Å²) in [6.07, 6.45) is 0.272. The van der Waals surface area contributed by atoms with Gasteiger partial charge in [-0.2, -0.15) is 4.98 Å². The van der Waals surface area contributed by atoms with Crippen LogP contribution in [-0.4, -0.2) is 33.5 Å². The van der Waals surface area contributed by atoms with E-state index in [0.29, 0.717) is 29.8 Å². The summed E-state index contributed by atoms with van der Waals surface area (Å²) in [5, 5.41) is 17.7. The summed E-state index contributed by atoms with van der Waals surface area (Å²) in [6, 6.07) is 15.1. The van der Waals surface area contributed by atoms with Gasteiger partial charge in [0.25, 0.3) is 5.89 Å². The molecule has 0 aliphatic rings. The topological polar surface area (TPSA) is 107 Å². The van der Waals surface area contributed by atoms with Gasteiger partial charge in [0.2, 0.25) is 5.82 Å². The number of hydrogen-bond donors (Lipinski definition) is 1. The normalized spacial score (nSPS) is 13.4. The largest absolute Gasteiger partial charge is 0.484 e. The average Bonchev–Trinajstić information content (AvgIpc) is 3.26. The first-order valence-corrected chi connectivity index (χ1v) is 10.3. The summed E-state index contributed by atoms with van der Waals surface area (Å²) in [7, 11) is 0. The Balaban J connectivity index is 1.62. The number of carboxylic acids is 1. The Labute approximate surface area is 186 Å². The summed E-state index contributed by atoms with van der Waals surface area (Å²) >= 11 is 0. The SMILES string of the molecule is CCON=C(C)C(C)(Cc1ccc(OCc2nc(-c3ccc(C)cc3)no2)cc1)C(=O)O. The van der Waals surface area contributed by atoms with Gasteiger partial charge >= 0.3 is 5.97 Å². The van der Waals surface area contributed by atoms with Crippen LogP contribution in [0.5, 0.6) is 5.75 Å². The number of hydrogen-bond acceptors (Lipinski definition) is 7. The van der Waals surface area contributed by atoms with Crippen molar-refractivity contribution in [1.82, 2.24) is 10.1 Å². The second kappa shape index (κ2) is 10.1. The summed E-state index contributed by atoms with van der Waals surface area (Å²) in [5.74, 6) is 0.530. The van der Waals surface area contributed by atoms with Crippen molar-refractivity contribution in [2.75, 3.05) is 6.61 Å². The number of aliphatic carboxylic acids is 1. The Hall–Kier alpha value is -3.68. The molecule has 0 aliphatic heterocycles. The zero-order valence-electron chi connectivity index (χ0n) is 18.7. The fourth-order valence-electron chi connectivity index (χ4n) is 3.01. The third-order valence-electron chi connectivity index (χ3n) is 5.22. The number of nitrogens with zero attached hydrogens (tertiary/aromatic N) is 3. The molecule has 32 heavy (non-hydrogen) atoms. The molecule has 1 heterocycles. The molecule has 0 spiro atoms. The zero-order valence-corrected chi connectivity index (χ0v) is 18.7. The van der Waals surface area contributed by atoms with Gasteiger partial charge in [-0.05, 0) is 51.8 Å². The second-order valence-electron chi connectivity index (χ2n) is 7.72. The molecule has 0 saturated carbocycles. The Morgan fingerprint density at radius 3 is 2.47 bits per heavy atom. The zero-order chi connectivity index (χ0) is 23.1. The van der Waals surface area contributed by atoms with E-state index >= 15 is 0 Å². The number of benzene rings is 2. The maximum atomic E-state index is 11.9. The van der Waals surface area contributed by atoms with E-state index in [0.717, 1.165) is 16.7 Å². The number of carboxylic acid groups (broad SMARTS) is 1. The molecule has 0 saturated heterocycles. The van der Waals surface area contributed by atoms with Crippen molar-refractivity contribution in [2.45, 2.75) is 40.7 Å². The van der Waals surface area contributed by atoms with Crippen LogP contribution in [0.25, 0.3) is 11.4 Å². The average molecular weight is 437 g/mol. The van der Waals surface area contributed by atoms with Gasteiger partial charge in [-0.25, -0.2) is 0 Å². The molecule has 3 aromatic rings. The number of rotatable bonds is 10. The molecule has 1 aromatic heterocycles. The predicted octanol–water partition coefficient (Wildman–Crippen LogP) is 4.67. The fraction of sp³-hybridized carbons (Fsp3) is 0.333. The number of ether oxygens (including phenoxy) is 1. The molecule has 8 heteroatoms. The molecule has 3 rings (SSSR count). The fourth-order valence-corrected chi connectivity index (χ4v) is 3.01. The first kappa shape index (κ1) is 23.0. The van der Waals surface area contributed by atoms with Crippen LogP contribution in [0.4, 0.5) is 0 Å². The van der Waals surface area contributed by atoms with Gasteiger partial charge in [0, 0.05) is 5.56 Å². The molecule has 1 unspecified atom stereocenters. The summed E-state index contributed by atoms with van der Waals surface area (Å²) < 4.78 is 11.0. The quantitative estimate of drug-likeness (QED) is 0.363. The molecule has 0 bridgehead atoms. The lowest BCUT2D eigenvalue weighted by atomic mass is 9.80. The minimum Gasteiger partial charge on any atom is -0.484 e. The number of carbonyl (C=O) groups is 1. The lowest BCUT2D eigenvalue weighted by Gasteiger charge is -2.24. The Bertz CT molecular complexity index is 1070. The van der Waals surface area contributed by atoms with Crippen LogP contribution in [0.1, 0.15) is 37.8 Å². The van der Waals surface area contributed by atoms with Crippen LogP contribution < -0.4 is 4.74 Å². The van der Waals surface area contributed by atoms with Crippen molar-refractivity contribution < 1.29 is 24.0 Å². The summed E-state index contributed by atoms with van der Waals surface area (Å²) in [5.41, 5.74) is 2.11. The van der Waals surface area contributed by atoms with E-state index < -0.39 is 11.4 Å². The summed E-state index contributed by atoms with van der Waals surface area (Å²) in [4.78, 5) is 21.3. The maximum Gasteiger partial charge on any atom is 0.315 e. The first-order chi connectivity index (χ1) is 15.3. The van der Waals surface area contributed by atoms with Gasteiger partial charge in [0.05, 0.1) is 5.71 Å². The van der Waals surface area contributed by atoms with Crippen LogP contribution in [0.2, 0.25) is 0 Å². The number of aryl methyl sites for hydroxylation is 1. The first-order valence-electron chi connectivity index (χ1n) is 10.3. The van der Waals surface area contributed by atoms with Gasteiger partial charge in [0.15, 0.2) is 6.61 Å². The van der Waals surface area contributed by atoms with E-state index in [2.05, 4.69) is 15.3 Å². The molecule has 0 amide bonds. The molecular formula is C24H27N3O5. The van der Waals surface area contributed by atoms with E-state index in [1.165, 1.54) is 0 Å². The van der Waals surface area contributed by atoms with Crippen LogP contribution in [0.15, 0.2) is 58.2 Å². The van der Waals surface area contributed by atoms with Crippen molar-refractivity contribution in [2.24, 2.45) is 10.6 Å². The molecular weight excluding hydrogens is 410 g/mol. The molecule has 1 atom stereocenters. The maximum absolute atomic E-state index is 11.9. The highest BCUT2D eigenvalue weighted by atomic mass is 16.6. The molecule has 1 N–H and O–H groups in total. The van der Waals surface area contributed by atoms with Crippen molar-refractivity contribution in [3.63, 3.8) is 0 Å². The molecule has 8 nitrogen and oxygen atoms in total. The van der Waals surface area contributed by atoms with Crippen LogP contribution >= 0.6 is 0 Å². The third-order valence-corrected chi connectivity index (χ3v) is 5.22. The van der Waals surface area contributed by atoms with Crippen molar-refractivity contribution in [1.29, 1.82) is 0 Å². The van der Waals surface area contributed by atoms with Crippen molar-refractivity contribution >= 4 is 11.7 Å². The minimum absolute atomic E-state index is 0.130. The standard InChI is InChI=1S/C24H27N3O5/c1-5-31-26-17(3)24(4,23(28)29)14-18-8-12-20(13-9-18)30-15-21-25-22(27-32-21)19-10-6-16(2)7-11-19/h6-13H,5,14-15H2,1-4H3,(H,28,29). The second-order valence-corrected chi connectivity index (χ2v) is 7.72.